The SMILES string of the molecule is Cc1nc(-c2ccccc2)c2c(C)csc2nc1=S. The number of rotatable bonds is 1. The number of benzene rings is 1. The summed E-state index contributed by atoms with van der Waals surface area (Å²) >= 11 is 6.92. The van der Waals surface area contributed by atoms with E-state index >= 15 is 0 Å². The molecule has 1 aromatic carbocycles. The van der Waals surface area contributed by atoms with E-state index in [1.165, 1.54) is 5.56 Å². The first kappa shape index (κ1) is 12.4. The molecule has 0 radical (unpaired) electrons. The van der Waals surface area contributed by atoms with Crippen molar-refractivity contribution in [2.24, 2.45) is 0 Å². The summed E-state index contributed by atoms with van der Waals surface area (Å²) in [5.41, 5.74) is 4.07. The van der Waals surface area contributed by atoms with Gasteiger partial charge in [-0.15, -0.1) is 11.3 Å². The highest BCUT2D eigenvalue weighted by Gasteiger charge is 2.10. The van der Waals surface area contributed by atoms with Gasteiger partial charge in [0, 0.05) is 10.9 Å². The fraction of sp³-hybridized carbons (Fsp3) is 0.133. The summed E-state index contributed by atoms with van der Waals surface area (Å²) in [6.45, 7) is 4.01. The average molecular weight is 284 g/mol. The van der Waals surface area contributed by atoms with Gasteiger partial charge in [-0.1, -0.05) is 42.5 Å². The van der Waals surface area contributed by atoms with Crippen molar-refractivity contribution in [2.45, 2.75) is 13.8 Å². The van der Waals surface area contributed by atoms with Crippen molar-refractivity contribution in [1.29, 1.82) is 0 Å². The van der Waals surface area contributed by atoms with Crippen LogP contribution in [0.25, 0.3) is 21.5 Å². The molecule has 0 aliphatic rings. The quantitative estimate of drug-likeness (QED) is 0.605. The Hall–Kier alpha value is -1.65. The minimum absolute atomic E-state index is 0.578. The highest BCUT2D eigenvalue weighted by atomic mass is 32.1. The van der Waals surface area contributed by atoms with Crippen LogP contribution in [-0.4, -0.2) is 9.97 Å². The van der Waals surface area contributed by atoms with Crippen molar-refractivity contribution in [3.8, 4) is 11.3 Å². The monoisotopic (exact) mass is 284 g/mol. The minimum atomic E-state index is 0.578. The topological polar surface area (TPSA) is 25.8 Å². The Kier molecular flexibility index (Phi) is 3.12. The van der Waals surface area contributed by atoms with Gasteiger partial charge in [0.25, 0.3) is 0 Å². The molecular weight excluding hydrogens is 272 g/mol. The van der Waals surface area contributed by atoms with Crippen LogP contribution in [0.2, 0.25) is 0 Å². The van der Waals surface area contributed by atoms with Crippen molar-refractivity contribution in [3.63, 3.8) is 0 Å². The van der Waals surface area contributed by atoms with E-state index in [2.05, 4.69) is 29.4 Å². The highest BCUT2D eigenvalue weighted by molar-refractivity contribution is 7.71. The number of aryl methyl sites for hydroxylation is 2. The summed E-state index contributed by atoms with van der Waals surface area (Å²) in [7, 11) is 0. The Morgan fingerprint density at radius 2 is 1.79 bits per heavy atom. The zero-order chi connectivity index (χ0) is 13.4. The first-order valence-electron chi connectivity index (χ1n) is 5.99. The predicted molar refractivity (Wildman–Crippen MR) is 83.2 cm³/mol. The third-order valence-electron chi connectivity index (χ3n) is 3.03. The van der Waals surface area contributed by atoms with Gasteiger partial charge in [0.2, 0.25) is 0 Å². The van der Waals surface area contributed by atoms with E-state index < -0.39 is 0 Å². The lowest BCUT2D eigenvalue weighted by Gasteiger charge is -2.00. The summed E-state index contributed by atoms with van der Waals surface area (Å²) in [4.78, 5) is 10.2. The van der Waals surface area contributed by atoms with Crippen molar-refractivity contribution in [3.05, 3.63) is 51.6 Å². The van der Waals surface area contributed by atoms with Gasteiger partial charge < -0.3 is 0 Å². The van der Waals surface area contributed by atoms with Crippen molar-refractivity contribution < 1.29 is 0 Å². The molecule has 0 saturated carbocycles. The maximum absolute atomic E-state index is 5.30. The summed E-state index contributed by atoms with van der Waals surface area (Å²) in [5, 5.41) is 3.21. The van der Waals surface area contributed by atoms with Crippen LogP contribution < -0.4 is 0 Å². The van der Waals surface area contributed by atoms with Gasteiger partial charge in [-0.3, -0.25) is 0 Å². The van der Waals surface area contributed by atoms with Crippen LogP contribution in [0.1, 0.15) is 11.3 Å². The van der Waals surface area contributed by atoms with Gasteiger partial charge >= 0.3 is 0 Å². The molecule has 2 nitrogen and oxygen atoms in total. The maximum atomic E-state index is 5.30. The third-order valence-corrected chi connectivity index (χ3v) is 4.41. The second-order valence-corrected chi connectivity index (χ2v) is 5.67. The molecule has 0 N–H and O–H groups in total. The molecule has 0 spiro atoms. The number of hydrogen-bond donors (Lipinski definition) is 0. The van der Waals surface area contributed by atoms with Gasteiger partial charge in [-0.05, 0) is 24.8 Å². The number of fused-ring (bicyclic) bond motifs is 1. The van der Waals surface area contributed by atoms with Crippen LogP contribution in [0.4, 0.5) is 0 Å². The van der Waals surface area contributed by atoms with Crippen LogP contribution in [0, 0.1) is 18.5 Å². The van der Waals surface area contributed by atoms with Gasteiger partial charge in [-0.2, -0.15) is 0 Å². The minimum Gasteiger partial charge on any atom is -0.249 e. The van der Waals surface area contributed by atoms with E-state index in [1.54, 1.807) is 11.3 Å². The first-order chi connectivity index (χ1) is 9.16. The van der Waals surface area contributed by atoms with E-state index in [0.717, 1.165) is 27.2 Å². The first-order valence-corrected chi connectivity index (χ1v) is 7.28. The molecular formula is C15H12N2S2. The van der Waals surface area contributed by atoms with Gasteiger partial charge in [0.15, 0.2) is 0 Å². The second-order valence-electron chi connectivity index (χ2n) is 4.43. The Bertz CT molecular complexity index is 807. The van der Waals surface area contributed by atoms with Crippen molar-refractivity contribution in [2.75, 3.05) is 0 Å². The van der Waals surface area contributed by atoms with Crippen molar-refractivity contribution >= 4 is 33.8 Å². The molecule has 0 unspecified atom stereocenters. The molecule has 0 aliphatic heterocycles. The Morgan fingerprint density at radius 3 is 2.53 bits per heavy atom. The summed E-state index contributed by atoms with van der Waals surface area (Å²) < 4.78 is 0.578. The number of aromatic nitrogens is 2. The standard InChI is InChI=1S/C15H12N2S2/c1-9-8-19-15-12(9)13(11-6-4-3-5-7-11)16-10(2)14(18)17-15/h3-8H,1-2H3. The Balaban J connectivity index is 2.51. The van der Waals surface area contributed by atoms with Crippen LogP contribution in [0.3, 0.4) is 0 Å². The molecule has 94 valence electrons. The molecule has 0 atom stereocenters. The van der Waals surface area contributed by atoms with E-state index in [9.17, 15) is 0 Å². The fourth-order valence-electron chi connectivity index (χ4n) is 2.05. The lowest BCUT2D eigenvalue weighted by molar-refractivity contribution is 1.19. The normalized spacial score (nSPS) is 10.8. The van der Waals surface area contributed by atoms with Crippen LogP contribution in [0.5, 0.6) is 0 Å². The average Bonchev–Trinajstić information content (AvgIpc) is 2.71. The smallest absolute Gasteiger partial charge is 0.149 e. The molecule has 0 aliphatic carbocycles. The maximum Gasteiger partial charge on any atom is 0.149 e. The molecule has 2 heterocycles. The van der Waals surface area contributed by atoms with Gasteiger partial charge in [-0.25, -0.2) is 9.97 Å². The molecule has 19 heavy (non-hydrogen) atoms. The fourth-order valence-corrected chi connectivity index (χ4v) is 3.17. The Morgan fingerprint density at radius 1 is 1.05 bits per heavy atom. The third kappa shape index (κ3) is 2.17. The molecule has 0 fully saturated rings. The van der Waals surface area contributed by atoms with E-state index in [-0.39, 0.29) is 0 Å². The van der Waals surface area contributed by atoms with Gasteiger partial charge in [0.05, 0.1) is 11.4 Å². The number of thiophene rings is 1. The Labute approximate surface area is 120 Å². The van der Waals surface area contributed by atoms with E-state index in [1.807, 2.05) is 25.1 Å². The van der Waals surface area contributed by atoms with Crippen LogP contribution >= 0.6 is 23.6 Å². The number of hydrogen-bond acceptors (Lipinski definition) is 4. The van der Waals surface area contributed by atoms with Crippen LogP contribution in [-0.2, 0) is 0 Å². The largest absolute Gasteiger partial charge is 0.249 e. The van der Waals surface area contributed by atoms with E-state index in [4.69, 9.17) is 17.2 Å². The molecule has 0 saturated heterocycles. The predicted octanol–water partition coefficient (Wildman–Crippen LogP) is 4.70. The zero-order valence-electron chi connectivity index (χ0n) is 10.7. The summed E-state index contributed by atoms with van der Waals surface area (Å²) in [5.74, 6) is 0. The van der Waals surface area contributed by atoms with E-state index in [0.29, 0.717) is 4.64 Å². The summed E-state index contributed by atoms with van der Waals surface area (Å²) in [6, 6.07) is 10.2. The van der Waals surface area contributed by atoms with Gasteiger partial charge in [0.1, 0.15) is 9.47 Å². The second kappa shape index (κ2) is 4.79. The molecule has 4 heteroatoms. The molecule has 3 aromatic rings. The molecule has 0 amide bonds. The molecule has 2 aromatic heterocycles. The lowest BCUT2D eigenvalue weighted by Crippen LogP contribution is -1.84. The molecule has 3 rings (SSSR count). The number of nitrogens with zero attached hydrogens (tertiary/aromatic N) is 2. The summed E-state index contributed by atoms with van der Waals surface area (Å²) in [6.07, 6.45) is 0. The van der Waals surface area contributed by atoms with Crippen molar-refractivity contribution in [1.82, 2.24) is 9.97 Å². The van der Waals surface area contributed by atoms with Crippen LogP contribution in [0.15, 0.2) is 35.7 Å². The zero-order valence-corrected chi connectivity index (χ0v) is 12.3. The molecule has 0 bridgehead atoms. The highest BCUT2D eigenvalue weighted by Crippen LogP contribution is 2.31. The lowest BCUT2D eigenvalue weighted by atomic mass is 10.1.